The number of pyridine rings is 1. The van der Waals surface area contributed by atoms with Crippen LogP contribution < -0.4 is 11.1 Å². The predicted octanol–water partition coefficient (Wildman–Crippen LogP) is 4.77. The third-order valence-corrected chi connectivity index (χ3v) is 3.78. The molecule has 0 fully saturated rings. The minimum absolute atomic E-state index is 0.226. The number of rotatable bonds is 2. The maximum absolute atomic E-state index is 13.4. The summed E-state index contributed by atoms with van der Waals surface area (Å²) in [5.74, 6) is -0.226. The minimum Gasteiger partial charge on any atom is -0.396 e. The number of halogens is 2. The molecule has 1 heterocycles. The van der Waals surface area contributed by atoms with Gasteiger partial charge in [-0.15, -0.1) is 0 Å². The second kappa shape index (κ2) is 5.33. The highest BCUT2D eigenvalue weighted by molar-refractivity contribution is 9.10. The summed E-state index contributed by atoms with van der Waals surface area (Å²) >= 11 is 3.45. The van der Waals surface area contributed by atoms with E-state index < -0.39 is 0 Å². The van der Waals surface area contributed by atoms with E-state index in [9.17, 15) is 4.39 Å². The van der Waals surface area contributed by atoms with Crippen LogP contribution in [0.15, 0.2) is 47.1 Å². The van der Waals surface area contributed by atoms with Crippen LogP contribution in [0.1, 0.15) is 5.56 Å². The van der Waals surface area contributed by atoms with Crippen molar-refractivity contribution in [3.05, 3.63) is 58.4 Å². The average molecular weight is 346 g/mol. The summed E-state index contributed by atoms with van der Waals surface area (Å²) in [5.41, 5.74) is 9.56. The highest BCUT2D eigenvalue weighted by Crippen LogP contribution is 2.32. The van der Waals surface area contributed by atoms with Gasteiger partial charge in [-0.3, -0.25) is 4.98 Å². The van der Waals surface area contributed by atoms with Gasteiger partial charge in [-0.25, -0.2) is 4.39 Å². The van der Waals surface area contributed by atoms with E-state index in [1.165, 1.54) is 6.07 Å². The number of nitrogens with zero attached hydrogens (tertiary/aromatic N) is 1. The zero-order valence-corrected chi connectivity index (χ0v) is 12.9. The molecule has 1 aromatic heterocycles. The number of benzene rings is 2. The third kappa shape index (κ3) is 2.69. The van der Waals surface area contributed by atoms with Crippen molar-refractivity contribution in [2.45, 2.75) is 6.92 Å². The van der Waals surface area contributed by atoms with Gasteiger partial charge in [-0.2, -0.15) is 0 Å². The highest BCUT2D eigenvalue weighted by atomic mass is 79.9. The fourth-order valence-corrected chi connectivity index (χ4v) is 2.55. The predicted molar refractivity (Wildman–Crippen MR) is 88.3 cm³/mol. The number of aryl methyl sites for hydroxylation is 1. The molecule has 21 heavy (non-hydrogen) atoms. The number of hydrogen-bond donors (Lipinski definition) is 2. The van der Waals surface area contributed by atoms with Gasteiger partial charge < -0.3 is 11.1 Å². The summed E-state index contributed by atoms with van der Waals surface area (Å²) in [6.07, 6.45) is 1.62. The Balaban J connectivity index is 2.12. The van der Waals surface area contributed by atoms with Crippen molar-refractivity contribution in [2.24, 2.45) is 0 Å². The van der Waals surface area contributed by atoms with Crippen LogP contribution in [-0.2, 0) is 0 Å². The minimum atomic E-state index is -0.226. The Labute approximate surface area is 130 Å². The van der Waals surface area contributed by atoms with Crippen molar-refractivity contribution in [3.63, 3.8) is 0 Å². The Morgan fingerprint density at radius 1 is 1.19 bits per heavy atom. The number of hydrogen-bond acceptors (Lipinski definition) is 3. The Morgan fingerprint density at radius 3 is 2.76 bits per heavy atom. The number of nitrogens with one attached hydrogen (secondary N) is 1. The van der Waals surface area contributed by atoms with Crippen molar-refractivity contribution in [1.82, 2.24) is 4.98 Å². The molecular formula is C16H13BrFN3. The molecule has 3 rings (SSSR count). The van der Waals surface area contributed by atoms with Crippen LogP contribution in [0.25, 0.3) is 10.9 Å². The summed E-state index contributed by atoms with van der Waals surface area (Å²) in [4.78, 5) is 4.31. The molecule has 3 aromatic rings. The first kappa shape index (κ1) is 13.8. The molecular weight excluding hydrogens is 333 g/mol. The van der Waals surface area contributed by atoms with E-state index in [0.29, 0.717) is 11.3 Å². The lowest BCUT2D eigenvalue weighted by Gasteiger charge is -2.13. The molecule has 2 aromatic carbocycles. The molecule has 5 heteroatoms. The van der Waals surface area contributed by atoms with Gasteiger partial charge in [0.05, 0.1) is 23.1 Å². The normalized spacial score (nSPS) is 10.8. The van der Waals surface area contributed by atoms with Crippen molar-refractivity contribution in [2.75, 3.05) is 11.1 Å². The number of aromatic nitrogens is 1. The molecule has 0 spiro atoms. The summed E-state index contributed by atoms with van der Waals surface area (Å²) in [7, 11) is 0. The Morgan fingerprint density at radius 2 is 2.00 bits per heavy atom. The average Bonchev–Trinajstić information content (AvgIpc) is 2.46. The zero-order chi connectivity index (χ0) is 15.0. The van der Waals surface area contributed by atoms with Crippen LogP contribution in [0.2, 0.25) is 0 Å². The lowest BCUT2D eigenvalue weighted by Crippen LogP contribution is -1.99. The molecule has 0 amide bonds. The fourth-order valence-electron chi connectivity index (χ4n) is 2.19. The maximum Gasteiger partial charge on any atom is 0.126 e. The Hall–Kier alpha value is -2.14. The molecule has 0 aliphatic heterocycles. The van der Waals surface area contributed by atoms with Gasteiger partial charge in [0.25, 0.3) is 0 Å². The van der Waals surface area contributed by atoms with E-state index in [1.54, 1.807) is 25.3 Å². The Kier molecular flexibility index (Phi) is 3.51. The first-order valence-corrected chi connectivity index (χ1v) is 7.21. The molecule has 0 radical (unpaired) electrons. The summed E-state index contributed by atoms with van der Waals surface area (Å²) in [6, 6.07) is 10.7. The van der Waals surface area contributed by atoms with Crippen molar-refractivity contribution in [3.8, 4) is 0 Å². The van der Waals surface area contributed by atoms with Crippen molar-refractivity contribution < 1.29 is 4.39 Å². The monoisotopic (exact) mass is 345 g/mol. The Bertz CT molecular complexity index is 828. The molecule has 106 valence electrons. The van der Waals surface area contributed by atoms with Gasteiger partial charge in [0.15, 0.2) is 0 Å². The standard InChI is InChI=1S/C16H13BrFN3/c1-9-6-11(3-4-13(9)18)21-16-12-7-10(17)2-5-15(12)20-8-14(16)19/h2-8H,19H2,1H3,(H,20,21). The quantitative estimate of drug-likeness (QED) is 0.703. The van der Waals surface area contributed by atoms with Crippen LogP contribution in [0.3, 0.4) is 0 Å². The van der Waals surface area contributed by atoms with Crippen LogP contribution in [0.4, 0.5) is 21.5 Å². The molecule has 0 atom stereocenters. The molecule has 0 bridgehead atoms. The lowest BCUT2D eigenvalue weighted by atomic mass is 10.1. The molecule has 0 saturated carbocycles. The summed E-state index contributed by atoms with van der Waals surface area (Å²) in [5, 5.41) is 4.17. The first-order valence-electron chi connectivity index (χ1n) is 6.41. The summed E-state index contributed by atoms with van der Waals surface area (Å²) < 4.78 is 14.3. The number of anilines is 3. The van der Waals surface area contributed by atoms with Gasteiger partial charge >= 0.3 is 0 Å². The van der Waals surface area contributed by atoms with Crippen molar-refractivity contribution in [1.29, 1.82) is 0 Å². The van der Waals surface area contributed by atoms with Gasteiger partial charge in [0.2, 0.25) is 0 Å². The second-order valence-corrected chi connectivity index (χ2v) is 5.75. The molecule has 0 aliphatic rings. The molecule has 3 nitrogen and oxygen atoms in total. The first-order chi connectivity index (χ1) is 10.0. The maximum atomic E-state index is 13.4. The topological polar surface area (TPSA) is 50.9 Å². The van der Waals surface area contributed by atoms with E-state index in [0.717, 1.165) is 26.8 Å². The van der Waals surface area contributed by atoms with E-state index in [1.807, 2.05) is 18.2 Å². The number of nitrogens with two attached hydrogens (primary N) is 1. The largest absolute Gasteiger partial charge is 0.396 e. The number of fused-ring (bicyclic) bond motifs is 1. The van der Waals surface area contributed by atoms with Gasteiger partial charge in [-0.05, 0) is 48.9 Å². The second-order valence-electron chi connectivity index (χ2n) is 4.84. The van der Waals surface area contributed by atoms with E-state index >= 15 is 0 Å². The van der Waals surface area contributed by atoms with E-state index in [2.05, 4.69) is 26.2 Å². The highest BCUT2D eigenvalue weighted by Gasteiger charge is 2.08. The van der Waals surface area contributed by atoms with Crippen LogP contribution in [-0.4, -0.2) is 4.98 Å². The zero-order valence-electron chi connectivity index (χ0n) is 11.3. The third-order valence-electron chi connectivity index (χ3n) is 3.29. The van der Waals surface area contributed by atoms with Crippen LogP contribution in [0, 0.1) is 12.7 Å². The number of nitrogen functional groups attached to an aromatic ring is 1. The smallest absolute Gasteiger partial charge is 0.126 e. The van der Waals surface area contributed by atoms with Gasteiger partial charge in [0, 0.05) is 15.5 Å². The lowest BCUT2D eigenvalue weighted by molar-refractivity contribution is 0.619. The molecule has 0 aliphatic carbocycles. The SMILES string of the molecule is Cc1cc(Nc2c(N)cnc3ccc(Br)cc23)ccc1F. The van der Waals surface area contributed by atoms with Gasteiger partial charge in [0.1, 0.15) is 5.82 Å². The fraction of sp³-hybridized carbons (Fsp3) is 0.0625. The van der Waals surface area contributed by atoms with Crippen LogP contribution in [0.5, 0.6) is 0 Å². The van der Waals surface area contributed by atoms with Crippen LogP contribution >= 0.6 is 15.9 Å². The van der Waals surface area contributed by atoms with E-state index in [4.69, 9.17) is 5.73 Å². The molecule has 0 saturated heterocycles. The summed E-state index contributed by atoms with van der Waals surface area (Å²) in [6.45, 7) is 1.73. The van der Waals surface area contributed by atoms with Gasteiger partial charge in [-0.1, -0.05) is 15.9 Å². The van der Waals surface area contributed by atoms with Crippen molar-refractivity contribution >= 4 is 43.9 Å². The molecule has 0 unspecified atom stereocenters. The molecule has 3 N–H and O–H groups in total. The van der Waals surface area contributed by atoms with E-state index in [-0.39, 0.29) is 5.82 Å².